The minimum atomic E-state index is -0.508. The van der Waals surface area contributed by atoms with E-state index in [1.807, 2.05) is 42.2 Å². The number of carbonyl (C=O) groups excluding carboxylic acids is 2. The van der Waals surface area contributed by atoms with Gasteiger partial charge in [-0.1, -0.05) is 49.4 Å². The highest BCUT2D eigenvalue weighted by molar-refractivity contribution is 5.97. The number of rotatable bonds is 3. The molecule has 1 heterocycles. The first-order valence-electron chi connectivity index (χ1n) is 7.55. The van der Waals surface area contributed by atoms with Crippen molar-refractivity contribution in [3.8, 4) is 0 Å². The average molecular weight is 284 g/mol. The summed E-state index contributed by atoms with van der Waals surface area (Å²) in [6.07, 6.45) is 6.47. The standard InChI is InChI=1S/C17H20N2O2/c1-2-14-17(21)19(13-10-6-7-11-13)15(16(20)18-14)12-8-4-3-5-9-12/h3-9,13-15H,2,10-11H2,1H3,(H,18,20). The molecule has 1 fully saturated rings. The SMILES string of the molecule is CCC1NC(=O)C(c2ccccc2)N(C2CC=CC2)C1=O. The van der Waals surface area contributed by atoms with Crippen molar-refractivity contribution in [1.29, 1.82) is 0 Å². The van der Waals surface area contributed by atoms with Crippen molar-refractivity contribution in [3.63, 3.8) is 0 Å². The first kappa shape index (κ1) is 13.9. The Morgan fingerprint density at radius 3 is 2.43 bits per heavy atom. The quantitative estimate of drug-likeness (QED) is 0.865. The number of nitrogens with one attached hydrogen (secondary N) is 1. The van der Waals surface area contributed by atoms with Gasteiger partial charge in [-0.2, -0.15) is 0 Å². The Bertz CT molecular complexity index is 559. The molecular weight excluding hydrogens is 264 g/mol. The summed E-state index contributed by atoms with van der Waals surface area (Å²) in [5.74, 6) is -0.0285. The fourth-order valence-corrected chi connectivity index (χ4v) is 3.19. The van der Waals surface area contributed by atoms with E-state index in [4.69, 9.17) is 0 Å². The van der Waals surface area contributed by atoms with Gasteiger partial charge in [-0.3, -0.25) is 9.59 Å². The van der Waals surface area contributed by atoms with Gasteiger partial charge in [-0.05, 0) is 24.8 Å². The second kappa shape index (κ2) is 5.72. The lowest BCUT2D eigenvalue weighted by Crippen LogP contribution is -2.61. The van der Waals surface area contributed by atoms with Gasteiger partial charge in [-0.25, -0.2) is 0 Å². The molecule has 1 aromatic rings. The zero-order valence-corrected chi connectivity index (χ0v) is 12.2. The van der Waals surface area contributed by atoms with Crippen LogP contribution in [0.25, 0.3) is 0 Å². The van der Waals surface area contributed by atoms with E-state index in [0.29, 0.717) is 6.42 Å². The van der Waals surface area contributed by atoms with E-state index in [-0.39, 0.29) is 17.9 Å². The summed E-state index contributed by atoms with van der Waals surface area (Å²) in [4.78, 5) is 27.1. The highest BCUT2D eigenvalue weighted by Gasteiger charge is 2.43. The topological polar surface area (TPSA) is 49.4 Å². The number of hydrogen-bond donors (Lipinski definition) is 1. The van der Waals surface area contributed by atoms with Gasteiger partial charge in [0.25, 0.3) is 0 Å². The Kier molecular flexibility index (Phi) is 3.78. The molecular formula is C17H20N2O2. The molecule has 1 saturated heterocycles. The highest BCUT2D eigenvalue weighted by atomic mass is 16.2. The third kappa shape index (κ3) is 2.46. The number of benzene rings is 1. The molecule has 0 bridgehead atoms. The monoisotopic (exact) mass is 284 g/mol. The van der Waals surface area contributed by atoms with Crippen molar-refractivity contribution in [3.05, 3.63) is 48.0 Å². The molecule has 110 valence electrons. The van der Waals surface area contributed by atoms with Crippen LogP contribution >= 0.6 is 0 Å². The Hall–Kier alpha value is -2.10. The molecule has 2 amide bonds. The molecule has 2 unspecified atom stereocenters. The van der Waals surface area contributed by atoms with Crippen LogP contribution in [-0.2, 0) is 9.59 Å². The number of nitrogens with zero attached hydrogens (tertiary/aromatic N) is 1. The Labute approximate surface area is 124 Å². The maximum atomic E-state index is 12.8. The summed E-state index contributed by atoms with van der Waals surface area (Å²) < 4.78 is 0. The van der Waals surface area contributed by atoms with E-state index in [2.05, 4.69) is 17.5 Å². The molecule has 0 aromatic heterocycles. The second-order valence-corrected chi connectivity index (χ2v) is 5.62. The molecule has 4 heteroatoms. The van der Waals surface area contributed by atoms with Crippen LogP contribution in [0.5, 0.6) is 0 Å². The lowest BCUT2D eigenvalue weighted by Gasteiger charge is -2.42. The molecule has 2 atom stereocenters. The predicted molar refractivity (Wildman–Crippen MR) is 80.4 cm³/mol. The van der Waals surface area contributed by atoms with Crippen molar-refractivity contribution in [1.82, 2.24) is 10.2 Å². The third-order valence-electron chi connectivity index (χ3n) is 4.30. The van der Waals surface area contributed by atoms with Crippen LogP contribution in [0.3, 0.4) is 0 Å². The Morgan fingerprint density at radius 1 is 1.14 bits per heavy atom. The summed E-state index contributed by atoms with van der Waals surface area (Å²) in [6.45, 7) is 1.93. The molecule has 0 saturated carbocycles. The van der Waals surface area contributed by atoms with Gasteiger partial charge in [0.1, 0.15) is 12.1 Å². The molecule has 21 heavy (non-hydrogen) atoms. The molecule has 1 aliphatic carbocycles. The van der Waals surface area contributed by atoms with Crippen LogP contribution in [0.1, 0.15) is 37.8 Å². The molecule has 1 aliphatic heterocycles. The molecule has 2 aliphatic rings. The number of amides is 2. The summed E-state index contributed by atoms with van der Waals surface area (Å²) in [7, 11) is 0. The summed E-state index contributed by atoms with van der Waals surface area (Å²) in [6, 6.07) is 8.77. The van der Waals surface area contributed by atoms with E-state index >= 15 is 0 Å². The molecule has 0 radical (unpaired) electrons. The zero-order chi connectivity index (χ0) is 14.8. The third-order valence-corrected chi connectivity index (χ3v) is 4.30. The molecule has 1 N–H and O–H groups in total. The second-order valence-electron chi connectivity index (χ2n) is 5.62. The van der Waals surface area contributed by atoms with Crippen molar-refractivity contribution >= 4 is 11.8 Å². The van der Waals surface area contributed by atoms with Crippen LogP contribution in [0.4, 0.5) is 0 Å². The first-order chi connectivity index (χ1) is 10.2. The lowest BCUT2D eigenvalue weighted by molar-refractivity contribution is -0.152. The Morgan fingerprint density at radius 2 is 1.81 bits per heavy atom. The molecule has 4 nitrogen and oxygen atoms in total. The van der Waals surface area contributed by atoms with Crippen molar-refractivity contribution < 1.29 is 9.59 Å². The van der Waals surface area contributed by atoms with Crippen LogP contribution in [-0.4, -0.2) is 28.8 Å². The fraction of sp³-hybridized carbons (Fsp3) is 0.412. The minimum Gasteiger partial charge on any atom is -0.342 e. The van der Waals surface area contributed by atoms with Crippen LogP contribution in [0.2, 0.25) is 0 Å². The Balaban J connectivity index is 1.98. The van der Waals surface area contributed by atoms with Gasteiger partial charge in [-0.15, -0.1) is 0 Å². The summed E-state index contributed by atoms with van der Waals surface area (Å²) in [5, 5.41) is 2.87. The summed E-state index contributed by atoms with van der Waals surface area (Å²) in [5.41, 5.74) is 0.879. The minimum absolute atomic E-state index is 0.0413. The molecule has 0 spiro atoms. The van der Waals surface area contributed by atoms with Gasteiger partial charge < -0.3 is 10.2 Å². The number of carbonyl (C=O) groups is 2. The van der Waals surface area contributed by atoms with Crippen molar-refractivity contribution in [2.45, 2.75) is 44.3 Å². The van der Waals surface area contributed by atoms with E-state index in [9.17, 15) is 9.59 Å². The van der Waals surface area contributed by atoms with Crippen molar-refractivity contribution in [2.24, 2.45) is 0 Å². The average Bonchev–Trinajstić information content (AvgIpc) is 3.03. The first-order valence-corrected chi connectivity index (χ1v) is 7.55. The fourth-order valence-electron chi connectivity index (χ4n) is 3.19. The predicted octanol–water partition coefficient (Wildman–Crippen LogP) is 2.18. The van der Waals surface area contributed by atoms with Gasteiger partial charge in [0.15, 0.2) is 0 Å². The summed E-state index contributed by atoms with van der Waals surface area (Å²) >= 11 is 0. The highest BCUT2D eigenvalue weighted by Crippen LogP contribution is 2.32. The van der Waals surface area contributed by atoms with E-state index in [0.717, 1.165) is 18.4 Å². The lowest BCUT2D eigenvalue weighted by atomic mass is 9.96. The van der Waals surface area contributed by atoms with Crippen molar-refractivity contribution in [2.75, 3.05) is 0 Å². The van der Waals surface area contributed by atoms with Gasteiger partial charge >= 0.3 is 0 Å². The normalized spacial score (nSPS) is 26.2. The molecule has 3 rings (SSSR count). The van der Waals surface area contributed by atoms with Crippen LogP contribution in [0, 0.1) is 0 Å². The molecule has 1 aromatic carbocycles. The number of hydrogen-bond acceptors (Lipinski definition) is 2. The maximum Gasteiger partial charge on any atom is 0.248 e. The van der Waals surface area contributed by atoms with Crippen LogP contribution < -0.4 is 5.32 Å². The van der Waals surface area contributed by atoms with Gasteiger partial charge in [0.05, 0.1) is 0 Å². The van der Waals surface area contributed by atoms with E-state index in [1.165, 1.54) is 0 Å². The number of piperazine rings is 1. The maximum absolute atomic E-state index is 12.8. The zero-order valence-electron chi connectivity index (χ0n) is 12.2. The van der Waals surface area contributed by atoms with E-state index in [1.54, 1.807) is 0 Å². The largest absolute Gasteiger partial charge is 0.342 e. The van der Waals surface area contributed by atoms with Gasteiger partial charge in [0.2, 0.25) is 11.8 Å². The van der Waals surface area contributed by atoms with Gasteiger partial charge in [0, 0.05) is 6.04 Å². The smallest absolute Gasteiger partial charge is 0.248 e. The van der Waals surface area contributed by atoms with E-state index < -0.39 is 12.1 Å². The van der Waals surface area contributed by atoms with Crippen LogP contribution in [0.15, 0.2) is 42.5 Å².